The molecule has 6 nitrogen and oxygen atoms in total. The number of likely N-dealkylation sites (tertiary alicyclic amines) is 1. The zero-order chi connectivity index (χ0) is 12.4. The maximum absolute atomic E-state index is 12.1. The van der Waals surface area contributed by atoms with E-state index in [1.165, 1.54) is 0 Å². The van der Waals surface area contributed by atoms with Crippen molar-refractivity contribution in [3.05, 3.63) is 18.2 Å². The number of H-pyrrole nitrogens is 1. The number of imidazole rings is 1. The number of amides is 1. The molecule has 2 aliphatic heterocycles. The molecule has 1 aromatic rings. The molecule has 3 heterocycles. The minimum atomic E-state index is 0.0702. The van der Waals surface area contributed by atoms with Gasteiger partial charge in [-0.1, -0.05) is 0 Å². The Bertz CT molecular complexity index is 402. The molecule has 1 aromatic heterocycles. The normalized spacial score (nSPS) is 24.2. The quantitative estimate of drug-likeness (QED) is 0.793. The Morgan fingerprint density at radius 3 is 3.11 bits per heavy atom. The van der Waals surface area contributed by atoms with Crippen LogP contribution in [0, 0.1) is 0 Å². The number of aromatic nitrogens is 2. The van der Waals surface area contributed by atoms with E-state index in [-0.39, 0.29) is 24.7 Å². The molecule has 2 saturated heterocycles. The predicted molar refractivity (Wildman–Crippen MR) is 64.9 cm³/mol. The Balaban J connectivity index is 1.58. The second-order valence-electron chi connectivity index (χ2n) is 4.81. The summed E-state index contributed by atoms with van der Waals surface area (Å²) < 4.78 is 5.53. The molecule has 1 atom stereocenters. The first kappa shape index (κ1) is 11.7. The second-order valence-corrected chi connectivity index (χ2v) is 4.81. The van der Waals surface area contributed by atoms with Crippen LogP contribution in [0.5, 0.6) is 0 Å². The van der Waals surface area contributed by atoms with Gasteiger partial charge in [0.1, 0.15) is 12.4 Å². The van der Waals surface area contributed by atoms with Crippen LogP contribution in [0.15, 0.2) is 12.4 Å². The van der Waals surface area contributed by atoms with Crippen LogP contribution >= 0.6 is 0 Å². The fourth-order valence-electron chi connectivity index (χ4n) is 2.46. The third kappa shape index (κ3) is 2.26. The molecule has 98 valence electrons. The van der Waals surface area contributed by atoms with Crippen LogP contribution in [0.25, 0.3) is 0 Å². The summed E-state index contributed by atoms with van der Waals surface area (Å²) in [5.41, 5.74) is 0. The smallest absolute Gasteiger partial charge is 0.249 e. The van der Waals surface area contributed by atoms with Gasteiger partial charge in [0.25, 0.3) is 0 Å². The topological polar surface area (TPSA) is 70.2 Å². The van der Waals surface area contributed by atoms with E-state index in [0.29, 0.717) is 0 Å². The number of ether oxygens (including phenoxy) is 1. The van der Waals surface area contributed by atoms with Crippen LogP contribution in [0.4, 0.5) is 0 Å². The van der Waals surface area contributed by atoms with Gasteiger partial charge in [-0.15, -0.1) is 0 Å². The Labute approximate surface area is 106 Å². The van der Waals surface area contributed by atoms with Crippen molar-refractivity contribution in [1.29, 1.82) is 0 Å². The van der Waals surface area contributed by atoms with Crippen LogP contribution in [0.1, 0.15) is 24.7 Å². The van der Waals surface area contributed by atoms with E-state index in [2.05, 4.69) is 15.3 Å². The van der Waals surface area contributed by atoms with Gasteiger partial charge in [-0.05, 0) is 12.8 Å². The summed E-state index contributed by atoms with van der Waals surface area (Å²) in [6, 6.07) is 0.0932. The molecule has 0 radical (unpaired) electrons. The fraction of sp³-hybridized carbons (Fsp3) is 0.667. The molecule has 3 rings (SSSR count). The first-order valence-electron chi connectivity index (χ1n) is 6.45. The minimum Gasteiger partial charge on any atom is -0.366 e. The van der Waals surface area contributed by atoms with Crippen molar-refractivity contribution in [3.63, 3.8) is 0 Å². The Kier molecular flexibility index (Phi) is 3.29. The summed E-state index contributed by atoms with van der Waals surface area (Å²) in [4.78, 5) is 21.4. The molecule has 1 unspecified atom stereocenters. The van der Waals surface area contributed by atoms with Crippen LogP contribution < -0.4 is 5.32 Å². The molecule has 0 aromatic carbocycles. The predicted octanol–water partition coefficient (Wildman–Crippen LogP) is 0.0616. The van der Waals surface area contributed by atoms with Crippen molar-refractivity contribution in [2.45, 2.75) is 25.0 Å². The van der Waals surface area contributed by atoms with Crippen LogP contribution in [-0.4, -0.2) is 53.1 Å². The standard InChI is InChI=1S/C12H18N4O2/c17-11(8-18-9-6-13-7-9)16-5-1-2-10(16)12-14-3-4-15-12/h3-4,9-10,13H,1-2,5-8H2,(H,14,15). The van der Waals surface area contributed by atoms with Crippen LogP contribution in [-0.2, 0) is 9.53 Å². The molecule has 2 fully saturated rings. The van der Waals surface area contributed by atoms with E-state index in [1.54, 1.807) is 12.4 Å². The largest absolute Gasteiger partial charge is 0.366 e. The molecule has 0 saturated carbocycles. The number of hydrogen-bond donors (Lipinski definition) is 2. The summed E-state index contributed by atoms with van der Waals surface area (Å²) in [6.07, 6.45) is 5.74. The third-order valence-electron chi connectivity index (χ3n) is 3.59. The molecular weight excluding hydrogens is 232 g/mol. The van der Waals surface area contributed by atoms with E-state index in [1.807, 2.05) is 4.90 Å². The van der Waals surface area contributed by atoms with Crippen molar-refractivity contribution in [3.8, 4) is 0 Å². The van der Waals surface area contributed by atoms with E-state index >= 15 is 0 Å². The molecular formula is C12H18N4O2. The maximum atomic E-state index is 12.1. The molecule has 18 heavy (non-hydrogen) atoms. The highest BCUT2D eigenvalue weighted by atomic mass is 16.5. The van der Waals surface area contributed by atoms with Crippen LogP contribution in [0.3, 0.4) is 0 Å². The number of hydrogen-bond acceptors (Lipinski definition) is 4. The number of rotatable bonds is 4. The highest BCUT2D eigenvalue weighted by Crippen LogP contribution is 2.29. The van der Waals surface area contributed by atoms with E-state index in [9.17, 15) is 4.79 Å². The highest BCUT2D eigenvalue weighted by molar-refractivity contribution is 5.78. The summed E-state index contributed by atoms with van der Waals surface area (Å²) in [6.45, 7) is 2.70. The van der Waals surface area contributed by atoms with Crippen molar-refractivity contribution >= 4 is 5.91 Å². The Morgan fingerprint density at radius 1 is 1.56 bits per heavy atom. The number of nitrogens with zero attached hydrogens (tertiary/aromatic N) is 2. The van der Waals surface area contributed by atoms with Gasteiger partial charge in [-0.2, -0.15) is 0 Å². The summed E-state index contributed by atoms with van der Waals surface area (Å²) in [5.74, 6) is 0.951. The van der Waals surface area contributed by atoms with Gasteiger partial charge in [0.2, 0.25) is 5.91 Å². The molecule has 6 heteroatoms. The SMILES string of the molecule is O=C(COC1CNC1)N1CCCC1c1ncc[nH]1. The average molecular weight is 250 g/mol. The van der Waals surface area contributed by atoms with Crippen molar-refractivity contribution in [2.75, 3.05) is 26.2 Å². The van der Waals surface area contributed by atoms with Crippen molar-refractivity contribution in [1.82, 2.24) is 20.2 Å². The Hall–Kier alpha value is -1.40. The van der Waals surface area contributed by atoms with Gasteiger partial charge in [-0.25, -0.2) is 4.98 Å². The van der Waals surface area contributed by atoms with E-state index < -0.39 is 0 Å². The second kappa shape index (κ2) is 5.07. The number of aromatic amines is 1. The zero-order valence-corrected chi connectivity index (χ0v) is 10.3. The third-order valence-corrected chi connectivity index (χ3v) is 3.59. The van der Waals surface area contributed by atoms with Crippen LogP contribution in [0.2, 0.25) is 0 Å². The molecule has 0 bridgehead atoms. The van der Waals surface area contributed by atoms with Crippen molar-refractivity contribution < 1.29 is 9.53 Å². The van der Waals surface area contributed by atoms with E-state index in [0.717, 1.165) is 38.3 Å². The molecule has 0 aliphatic carbocycles. The van der Waals surface area contributed by atoms with Gasteiger partial charge >= 0.3 is 0 Å². The van der Waals surface area contributed by atoms with E-state index in [4.69, 9.17) is 4.74 Å². The fourth-order valence-corrected chi connectivity index (χ4v) is 2.46. The van der Waals surface area contributed by atoms with Gasteiger partial charge in [0, 0.05) is 32.0 Å². The minimum absolute atomic E-state index is 0.0702. The number of nitrogens with one attached hydrogen (secondary N) is 2. The maximum Gasteiger partial charge on any atom is 0.249 e. The Morgan fingerprint density at radius 2 is 2.44 bits per heavy atom. The number of carbonyl (C=O) groups excluding carboxylic acids is 1. The lowest BCUT2D eigenvalue weighted by molar-refractivity contribution is -0.140. The molecule has 1 amide bonds. The van der Waals surface area contributed by atoms with Gasteiger partial charge in [-0.3, -0.25) is 4.79 Å². The summed E-state index contributed by atoms with van der Waals surface area (Å²) >= 11 is 0. The summed E-state index contributed by atoms with van der Waals surface area (Å²) in [7, 11) is 0. The average Bonchev–Trinajstić information content (AvgIpc) is 2.97. The first-order valence-corrected chi connectivity index (χ1v) is 6.45. The monoisotopic (exact) mass is 250 g/mol. The molecule has 2 aliphatic rings. The lowest BCUT2D eigenvalue weighted by atomic mass is 10.2. The summed E-state index contributed by atoms with van der Waals surface area (Å²) in [5, 5.41) is 3.12. The highest BCUT2D eigenvalue weighted by Gasteiger charge is 2.32. The molecule has 0 spiro atoms. The van der Waals surface area contributed by atoms with Gasteiger partial charge in [0.15, 0.2) is 0 Å². The van der Waals surface area contributed by atoms with Crippen molar-refractivity contribution in [2.24, 2.45) is 0 Å². The lowest BCUT2D eigenvalue weighted by Gasteiger charge is -2.29. The lowest BCUT2D eigenvalue weighted by Crippen LogP contribution is -2.49. The number of carbonyl (C=O) groups is 1. The molecule has 2 N–H and O–H groups in total. The van der Waals surface area contributed by atoms with Gasteiger partial charge in [0.05, 0.1) is 12.1 Å². The first-order chi connectivity index (χ1) is 8.84. The van der Waals surface area contributed by atoms with Gasteiger partial charge < -0.3 is 19.9 Å². The zero-order valence-electron chi connectivity index (χ0n) is 10.3.